The normalized spacial score (nSPS) is 14.4. The SMILES string of the molecule is CSCCC(NC(=O)C(N)CC(N)=O)C(=O)NC(CCC(=O)O)C(=O)NC(CC(=O)O)C(=O)NC(CC(C)C)C(=O)NC(Cc1cnc[nH]1)C(=O)O. The highest BCUT2D eigenvalue weighted by Crippen LogP contribution is 2.10. The van der Waals surface area contributed by atoms with Gasteiger partial charge in [0, 0.05) is 24.7 Å². The fourth-order valence-corrected chi connectivity index (χ4v) is 5.09. The molecule has 0 fully saturated rings. The van der Waals surface area contributed by atoms with Gasteiger partial charge in [0.1, 0.15) is 30.2 Å². The molecule has 6 amide bonds. The number of carbonyl (C=O) groups is 9. The lowest BCUT2D eigenvalue weighted by Gasteiger charge is -2.27. The number of aromatic amines is 1. The summed E-state index contributed by atoms with van der Waals surface area (Å²) in [4.78, 5) is 119. The Morgan fingerprint density at radius 3 is 1.77 bits per heavy atom. The third kappa shape index (κ3) is 17.1. The van der Waals surface area contributed by atoms with E-state index in [0.717, 1.165) is 0 Å². The molecule has 52 heavy (non-hydrogen) atoms. The topological polar surface area (TPSA) is 355 Å². The van der Waals surface area contributed by atoms with E-state index in [1.807, 2.05) is 0 Å². The van der Waals surface area contributed by atoms with Crippen LogP contribution in [0.25, 0.3) is 0 Å². The molecular weight excluding hydrogens is 710 g/mol. The van der Waals surface area contributed by atoms with Crippen LogP contribution < -0.4 is 38.1 Å². The van der Waals surface area contributed by atoms with Gasteiger partial charge < -0.3 is 58.4 Å². The Morgan fingerprint density at radius 2 is 1.27 bits per heavy atom. The summed E-state index contributed by atoms with van der Waals surface area (Å²) in [7, 11) is 0. The van der Waals surface area contributed by atoms with Gasteiger partial charge in [-0.15, -0.1) is 0 Å². The van der Waals surface area contributed by atoms with Crippen molar-refractivity contribution in [2.75, 3.05) is 12.0 Å². The van der Waals surface area contributed by atoms with E-state index in [0.29, 0.717) is 11.4 Å². The van der Waals surface area contributed by atoms with Crippen molar-refractivity contribution in [2.24, 2.45) is 17.4 Å². The van der Waals surface area contributed by atoms with Crippen molar-refractivity contribution >= 4 is 65.1 Å². The molecule has 21 nitrogen and oxygen atoms in total. The van der Waals surface area contributed by atoms with E-state index in [9.17, 15) is 58.5 Å². The maximum atomic E-state index is 13.4. The molecular formula is C30H47N9O12S. The summed E-state index contributed by atoms with van der Waals surface area (Å²) >= 11 is 1.31. The third-order valence-corrected chi connectivity index (χ3v) is 7.87. The number of nitrogens with zero attached hydrogens (tertiary/aromatic N) is 1. The lowest BCUT2D eigenvalue weighted by molar-refractivity contribution is -0.143. The van der Waals surface area contributed by atoms with Crippen LogP contribution in [0.15, 0.2) is 12.5 Å². The molecule has 0 aromatic carbocycles. The van der Waals surface area contributed by atoms with Crippen LogP contribution in [0.2, 0.25) is 0 Å². The molecule has 6 atom stereocenters. The molecule has 0 saturated heterocycles. The van der Waals surface area contributed by atoms with Gasteiger partial charge in [-0.3, -0.25) is 38.4 Å². The zero-order chi connectivity index (χ0) is 39.5. The maximum absolute atomic E-state index is 13.4. The van der Waals surface area contributed by atoms with Crippen molar-refractivity contribution < 1.29 is 58.5 Å². The van der Waals surface area contributed by atoms with Crippen molar-refractivity contribution in [1.82, 2.24) is 36.6 Å². The number of H-pyrrole nitrogens is 1. The molecule has 0 spiro atoms. The second kappa shape index (κ2) is 22.5. The quantitative estimate of drug-likeness (QED) is 0.0468. The van der Waals surface area contributed by atoms with E-state index in [1.165, 1.54) is 24.3 Å². The fraction of sp³-hybridized carbons (Fsp3) is 0.600. The summed E-state index contributed by atoms with van der Waals surface area (Å²) in [5.74, 6) is -10.1. The number of carbonyl (C=O) groups excluding carboxylic acids is 6. The molecule has 13 N–H and O–H groups in total. The number of primary amides is 1. The van der Waals surface area contributed by atoms with Crippen molar-refractivity contribution in [1.29, 1.82) is 0 Å². The molecule has 0 radical (unpaired) electrons. The summed E-state index contributed by atoms with van der Waals surface area (Å²) in [6, 6.07) is -9.03. The minimum absolute atomic E-state index is 0.0171. The number of rotatable bonds is 25. The molecule has 0 bridgehead atoms. The highest BCUT2D eigenvalue weighted by Gasteiger charge is 2.34. The van der Waals surface area contributed by atoms with Gasteiger partial charge in [-0.25, -0.2) is 9.78 Å². The van der Waals surface area contributed by atoms with Crippen LogP contribution in [0, 0.1) is 5.92 Å². The van der Waals surface area contributed by atoms with Crippen molar-refractivity contribution in [3.8, 4) is 0 Å². The first-order valence-electron chi connectivity index (χ1n) is 16.0. The number of thioether (sulfide) groups is 1. The average Bonchev–Trinajstić information content (AvgIpc) is 3.55. The first-order valence-corrected chi connectivity index (χ1v) is 17.4. The zero-order valence-electron chi connectivity index (χ0n) is 28.9. The summed E-state index contributed by atoms with van der Waals surface area (Å²) in [5.41, 5.74) is 11.2. The highest BCUT2D eigenvalue weighted by molar-refractivity contribution is 7.98. The molecule has 22 heteroatoms. The summed E-state index contributed by atoms with van der Waals surface area (Å²) in [6.07, 6.45) is 1.51. The Balaban J connectivity index is 3.25. The monoisotopic (exact) mass is 757 g/mol. The molecule has 1 heterocycles. The second-order valence-electron chi connectivity index (χ2n) is 12.1. The van der Waals surface area contributed by atoms with E-state index in [1.54, 1.807) is 20.1 Å². The Bertz CT molecular complexity index is 1430. The fourth-order valence-electron chi connectivity index (χ4n) is 4.62. The second-order valence-corrected chi connectivity index (χ2v) is 13.1. The van der Waals surface area contributed by atoms with E-state index >= 15 is 0 Å². The van der Waals surface area contributed by atoms with Gasteiger partial charge in [0.25, 0.3) is 0 Å². The lowest BCUT2D eigenvalue weighted by Crippen LogP contribution is -2.60. The van der Waals surface area contributed by atoms with Crippen LogP contribution in [0.1, 0.15) is 58.1 Å². The number of aromatic nitrogens is 2. The number of imidazole rings is 1. The number of aliphatic carboxylic acids is 3. The van der Waals surface area contributed by atoms with Gasteiger partial charge >= 0.3 is 17.9 Å². The molecule has 0 saturated carbocycles. The molecule has 1 rings (SSSR count). The minimum Gasteiger partial charge on any atom is -0.481 e. The maximum Gasteiger partial charge on any atom is 0.326 e. The van der Waals surface area contributed by atoms with Gasteiger partial charge in [-0.1, -0.05) is 13.8 Å². The first-order chi connectivity index (χ1) is 24.3. The van der Waals surface area contributed by atoms with E-state index in [2.05, 4.69) is 36.6 Å². The van der Waals surface area contributed by atoms with Crippen molar-refractivity contribution in [3.63, 3.8) is 0 Å². The molecule has 6 unspecified atom stereocenters. The van der Waals surface area contributed by atoms with Crippen LogP contribution >= 0.6 is 11.8 Å². The minimum atomic E-state index is -1.85. The molecule has 290 valence electrons. The van der Waals surface area contributed by atoms with Crippen LogP contribution in [-0.2, 0) is 49.6 Å². The van der Waals surface area contributed by atoms with E-state index < -0.39 is 115 Å². The first kappa shape index (κ1) is 44.8. The summed E-state index contributed by atoms with van der Waals surface area (Å²) < 4.78 is 0. The Labute approximate surface area is 302 Å². The Hall–Kier alpha value is -5.25. The number of nitrogens with one attached hydrogen (secondary N) is 6. The number of carboxylic acids is 3. The van der Waals surface area contributed by atoms with Crippen LogP contribution in [-0.4, -0.2) is 127 Å². The highest BCUT2D eigenvalue weighted by atomic mass is 32.2. The Kier molecular flexibility index (Phi) is 19.4. The molecule has 0 aliphatic carbocycles. The molecule has 0 aliphatic rings. The van der Waals surface area contributed by atoms with Gasteiger partial charge in [-0.05, 0) is 37.2 Å². The third-order valence-electron chi connectivity index (χ3n) is 7.23. The molecule has 0 aliphatic heterocycles. The van der Waals surface area contributed by atoms with Gasteiger partial charge in [0.2, 0.25) is 35.4 Å². The van der Waals surface area contributed by atoms with Gasteiger partial charge in [-0.2, -0.15) is 11.8 Å². The predicted octanol–water partition coefficient (Wildman–Crippen LogP) is -3.20. The number of carboxylic acid groups (broad SMARTS) is 3. The predicted molar refractivity (Wildman–Crippen MR) is 183 cm³/mol. The van der Waals surface area contributed by atoms with Crippen LogP contribution in [0.5, 0.6) is 0 Å². The lowest BCUT2D eigenvalue weighted by atomic mass is 10.0. The largest absolute Gasteiger partial charge is 0.481 e. The molecule has 1 aromatic heterocycles. The van der Waals surface area contributed by atoms with Crippen LogP contribution in [0.3, 0.4) is 0 Å². The number of hydrogen-bond acceptors (Lipinski definition) is 12. The smallest absolute Gasteiger partial charge is 0.326 e. The Morgan fingerprint density at radius 1 is 0.750 bits per heavy atom. The number of nitrogens with two attached hydrogens (primary N) is 2. The van der Waals surface area contributed by atoms with Crippen molar-refractivity contribution in [2.45, 2.75) is 95.0 Å². The van der Waals surface area contributed by atoms with E-state index in [4.69, 9.17) is 11.5 Å². The van der Waals surface area contributed by atoms with Gasteiger partial charge in [0.05, 0.1) is 25.2 Å². The number of hydrogen-bond donors (Lipinski definition) is 11. The van der Waals surface area contributed by atoms with Crippen LogP contribution in [0.4, 0.5) is 0 Å². The average molecular weight is 758 g/mol. The zero-order valence-corrected chi connectivity index (χ0v) is 29.7. The molecule has 1 aromatic rings. The van der Waals surface area contributed by atoms with Gasteiger partial charge in [0.15, 0.2) is 0 Å². The van der Waals surface area contributed by atoms with E-state index in [-0.39, 0.29) is 25.2 Å². The summed E-state index contributed by atoms with van der Waals surface area (Å²) in [6.45, 7) is 3.41. The summed E-state index contributed by atoms with van der Waals surface area (Å²) in [5, 5.41) is 40.0. The van der Waals surface area contributed by atoms with Crippen molar-refractivity contribution in [3.05, 3.63) is 18.2 Å². The number of amides is 6. The standard InChI is InChI=1S/C30H47N9O12S/c1-14(2)8-19(28(48)39-21(30(50)51)9-15-12-33-13-34-15)37-29(49)20(11-24(43)44)38-26(46)17(4-5-23(41)42)36-27(47)18(6-7-52-3)35-25(45)16(31)10-22(32)40/h12-14,16-21H,4-11,31H2,1-3H3,(H2,32,40)(H,33,34)(H,35,45)(H,36,47)(H,37,49)(H,38,46)(H,39,48)(H,41,42)(H,43,44)(H,50,51).